The zero-order chi connectivity index (χ0) is 24.1. The van der Waals surface area contributed by atoms with Gasteiger partial charge in [-0.05, 0) is 69.6 Å². The maximum absolute atomic E-state index is 12.5. The van der Waals surface area contributed by atoms with E-state index in [0.717, 1.165) is 44.3 Å². The lowest BCUT2D eigenvalue weighted by molar-refractivity contribution is 0.0600. The number of aryl methyl sites for hydroxylation is 1. The lowest BCUT2D eigenvalue weighted by atomic mass is 9.91. The van der Waals surface area contributed by atoms with Crippen LogP contribution in [0.25, 0.3) is 0 Å². The number of rotatable bonds is 6. The molecule has 9 heteroatoms. The summed E-state index contributed by atoms with van der Waals surface area (Å²) in [5.74, 6) is 1.30. The van der Waals surface area contributed by atoms with Crippen LogP contribution >= 0.6 is 0 Å². The quantitative estimate of drug-likeness (QED) is 0.556. The van der Waals surface area contributed by atoms with Gasteiger partial charge in [-0.2, -0.15) is 4.98 Å². The van der Waals surface area contributed by atoms with E-state index in [1.165, 1.54) is 31.2 Å². The number of nitrogens with zero attached hydrogens (tertiary/aromatic N) is 3. The number of benzene rings is 1. The van der Waals surface area contributed by atoms with Crippen molar-refractivity contribution >= 4 is 29.5 Å². The number of ether oxygens (including phenoxy) is 1. The van der Waals surface area contributed by atoms with Crippen molar-refractivity contribution in [1.29, 1.82) is 0 Å². The molecule has 3 N–H and O–H groups in total. The van der Waals surface area contributed by atoms with Crippen molar-refractivity contribution in [2.24, 2.45) is 0 Å². The summed E-state index contributed by atoms with van der Waals surface area (Å²) in [4.78, 5) is 35.9. The third-order valence-corrected chi connectivity index (χ3v) is 6.52. The number of hydrogen-bond donors (Lipinski definition) is 3. The number of fused-ring (bicyclic) bond motifs is 1. The number of amides is 2. The molecule has 2 aliphatic carbocycles. The Balaban J connectivity index is 1.29. The summed E-state index contributed by atoms with van der Waals surface area (Å²) in [6.07, 6.45) is 8.06. The van der Waals surface area contributed by atoms with Gasteiger partial charge >= 0.3 is 12.0 Å². The summed E-state index contributed by atoms with van der Waals surface area (Å²) in [6.45, 7) is 0. The number of anilines is 3. The second-order valence-electron chi connectivity index (χ2n) is 9.26. The van der Waals surface area contributed by atoms with E-state index < -0.39 is 5.97 Å². The number of hydrogen-bond acceptors (Lipinski definition) is 7. The Morgan fingerprint density at radius 3 is 2.50 bits per heavy atom. The Morgan fingerprint density at radius 1 is 1.03 bits per heavy atom. The molecule has 0 atom stereocenters. The van der Waals surface area contributed by atoms with E-state index in [1.54, 1.807) is 24.3 Å². The monoisotopic (exact) mass is 466 g/mol. The number of carbonyl (C=O) groups excluding carboxylic acids is 2. The highest BCUT2D eigenvalue weighted by molar-refractivity contribution is 5.93. The van der Waals surface area contributed by atoms with Crippen molar-refractivity contribution in [2.45, 2.75) is 63.5 Å². The molecule has 1 heterocycles. The highest BCUT2D eigenvalue weighted by Gasteiger charge is 2.25. The first-order valence-electron chi connectivity index (χ1n) is 12.0. The molecule has 4 rings (SSSR count). The van der Waals surface area contributed by atoms with Crippen molar-refractivity contribution in [2.75, 3.05) is 36.7 Å². The van der Waals surface area contributed by atoms with Gasteiger partial charge in [0.05, 0.1) is 18.4 Å². The molecule has 2 aliphatic rings. The number of methoxy groups -OCH3 is 1. The van der Waals surface area contributed by atoms with Crippen molar-refractivity contribution in [1.82, 2.24) is 15.3 Å². The van der Waals surface area contributed by atoms with Crippen LogP contribution in [0.1, 0.15) is 60.1 Å². The second kappa shape index (κ2) is 10.7. The third kappa shape index (κ3) is 5.76. The average Bonchev–Trinajstić information content (AvgIpc) is 2.84. The Hall–Kier alpha value is -3.36. The van der Waals surface area contributed by atoms with Crippen LogP contribution < -0.4 is 20.9 Å². The highest BCUT2D eigenvalue weighted by Crippen LogP contribution is 2.29. The van der Waals surface area contributed by atoms with E-state index in [2.05, 4.69) is 20.9 Å². The predicted molar refractivity (Wildman–Crippen MR) is 133 cm³/mol. The van der Waals surface area contributed by atoms with E-state index in [0.29, 0.717) is 17.2 Å². The molecule has 0 saturated heterocycles. The molecular formula is C25H34N6O3. The summed E-state index contributed by atoms with van der Waals surface area (Å²) >= 11 is 0. The first-order valence-corrected chi connectivity index (χ1v) is 12.0. The molecule has 0 radical (unpaired) electrons. The molecular weight excluding hydrogens is 432 g/mol. The Kier molecular flexibility index (Phi) is 7.49. The number of nitrogens with one attached hydrogen (secondary N) is 3. The van der Waals surface area contributed by atoms with E-state index in [-0.39, 0.29) is 18.1 Å². The SMILES string of the molecule is COC(=O)c1cccc(NC(=O)NC2CCC(Nc3nc4c(c(N(C)C)n3)CCCC4)CC2)c1. The first-order chi connectivity index (χ1) is 16.4. The lowest BCUT2D eigenvalue weighted by Crippen LogP contribution is -2.42. The molecule has 1 saturated carbocycles. The maximum atomic E-state index is 12.5. The first kappa shape index (κ1) is 23.8. The smallest absolute Gasteiger partial charge is 0.337 e. The number of aromatic nitrogens is 2. The van der Waals surface area contributed by atoms with Crippen LogP contribution in [0.5, 0.6) is 0 Å². The van der Waals surface area contributed by atoms with E-state index in [1.807, 2.05) is 14.1 Å². The molecule has 0 unspecified atom stereocenters. The summed E-state index contributed by atoms with van der Waals surface area (Å²) in [5, 5.41) is 9.40. The van der Waals surface area contributed by atoms with Gasteiger partial charge in [-0.1, -0.05) is 6.07 Å². The van der Waals surface area contributed by atoms with Crippen LogP contribution in [0.4, 0.5) is 22.2 Å². The summed E-state index contributed by atoms with van der Waals surface area (Å²) in [6, 6.07) is 6.82. The van der Waals surface area contributed by atoms with Crippen LogP contribution in [-0.2, 0) is 17.6 Å². The fourth-order valence-electron chi connectivity index (χ4n) is 4.77. The molecule has 0 bridgehead atoms. The molecule has 2 aromatic rings. The minimum absolute atomic E-state index is 0.101. The zero-order valence-corrected chi connectivity index (χ0v) is 20.2. The molecule has 0 spiro atoms. The molecule has 34 heavy (non-hydrogen) atoms. The van der Waals surface area contributed by atoms with Gasteiger partial charge in [0.25, 0.3) is 0 Å². The minimum Gasteiger partial charge on any atom is -0.465 e. The summed E-state index contributed by atoms with van der Waals surface area (Å²) in [7, 11) is 5.41. The van der Waals surface area contributed by atoms with Crippen molar-refractivity contribution in [3.63, 3.8) is 0 Å². The van der Waals surface area contributed by atoms with Crippen LogP contribution in [0.3, 0.4) is 0 Å². The van der Waals surface area contributed by atoms with Gasteiger partial charge in [0, 0.05) is 37.4 Å². The fourth-order valence-corrected chi connectivity index (χ4v) is 4.77. The molecule has 1 fully saturated rings. The highest BCUT2D eigenvalue weighted by atomic mass is 16.5. The normalized spacial score (nSPS) is 19.5. The third-order valence-electron chi connectivity index (χ3n) is 6.52. The van der Waals surface area contributed by atoms with Gasteiger partial charge in [0.2, 0.25) is 5.95 Å². The number of esters is 1. The molecule has 0 aliphatic heterocycles. The van der Waals surface area contributed by atoms with Crippen molar-refractivity contribution in [3.05, 3.63) is 41.1 Å². The lowest BCUT2D eigenvalue weighted by Gasteiger charge is -2.30. The molecule has 2 amide bonds. The van der Waals surface area contributed by atoms with Crippen LogP contribution in [0.15, 0.2) is 24.3 Å². The van der Waals surface area contributed by atoms with Gasteiger partial charge in [-0.25, -0.2) is 14.6 Å². The van der Waals surface area contributed by atoms with Gasteiger partial charge in [-0.3, -0.25) is 0 Å². The average molecular weight is 467 g/mol. The molecule has 182 valence electrons. The Bertz CT molecular complexity index is 1030. The maximum Gasteiger partial charge on any atom is 0.337 e. The number of urea groups is 1. The van der Waals surface area contributed by atoms with Gasteiger partial charge in [0.15, 0.2) is 0 Å². The minimum atomic E-state index is -0.435. The second-order valence-corrected chi connectivity index (χ2v) is 9.26. The molecule has 1 aromatic carbocycles. The largest absolute Gasteiger partial charge is 0.465 e. The van der Waals surface area contributed by atoms with Gasteiger partial charge < -0.3 is 25.6 Å². The van der Waals surface area contributed by atoms with E-state index in [4.69, 9.17) is 14.7 Å². The Labute approximate surface area is 200 Å². The topological polar surface area (TPSA) is 108 Å². The van der Waals surface area contributed by atoms with Gasteiger partial charge in [-0.15, -0.1) is 0 Å². The predicted octanol–water partition coefficient (Wildman–Crippen LogP) is 3.75. The summed E-state index contributed by atoms with van der Waals surface area (Å²) < 4.78 is 4.73. The van der Waals surface area contributed by atoms with Crippen molar-refractivity contribution < 1.29 is 14.3 Å². The Morgan fingerprint density at radius 2 is 1.76 bits per heavy atom. The van der Waals surface area contributed by atoms with E-state index >= 15 is 0 Å². The van der Waals surface area contributed by atoms with Crippen LogP contribution in [0, 0.1) is 0 Å². The summed E-state index contributed by atoms with van der Waals surface area (Å²) in [5.41, 5.74) is 3.42. The standard InChI is InChI=1S/C25H34N6O3/c1-31(2)22-20-9-4-5-10-21(20)29-24(30-22)26-17-11-13-18(14-12-17)27-25(33)28-19-8-6-7-16(15-19)23(32)34-3/h6-8,15,17-18H,4-5,9-14H2,1-3H3,(H,26,29,30)(H2,27,28,33). The van der Waals surface area contributed by atoms with Crippen molar-refractivity contribution in [3.8, 4) is 0 Å². The zero-order valence-electron chi connectivity index (χ0n) is 20.2. The molecule has 1 aromatic heterocycles. The van der Waals surface area contributed by atoms with E-state index in [9.17, 15) is 9.59 Å². The van der Waals surface area contributed by atoms with Crippen LogP contribution in [-0.4, -0.2) is 55.3 Å². The fraction of sp³-hybridized carbons (Fsp3) is 0.520. The molecule has 9 nitrogen and oxygen atoms in total. The van der Waals surface area contributed by atoms with Gasteiger partial charge in [0.1, 0.15) is 5.82 Å². The number of carbonyl (C=O) groups is 2. The van der Waals surface area contributed by atoms with Crippen LogP contribution in [0.2, 0.25) is 0 Å².